The molecule has 0 aliphatic carbocycles. The second-order valence-electron chi connectivity index (χ2n) is 8.37. The van der Waals surface area contributed by atoms with Crippen molar-refractivity contribution < 1.29 is 28.7 Å². The fraction of sp³-hybridized carbons (Fsp3) is 0.360. The van der Waals surface area contributed by atoms with Gasteiger partial charge in [-0.1, -0.05) is 17.3 Å². The maximum absolute atomic E-state index is 12.3. The van der Waals surface area contributed by atoms with Crippen molar-refractivity contribution >= 4 is 11.9 Å². The number of amides is 1. The highest BCUT2D eigenvalue weighted by Gasteiger charge is 2.22. The van der Waals surface area contributed by atoms with E-state index in [0.29, 0.717) is 28.8 Å². The van der Waals surface area contributed by atoms with Crippen molar-refractivity contribution in [1.29, 1.82) is 0 Å². The Labute approximate surface area is 202 Å². The number of benzene rings is 2. The Morgan fingerprint density at radius 2 is 2.00 bits per heavy atom. The molecule has 2 aromatic carbocycles. The number of nitrogens with zero attached hydrogens (tertiary/aromatic N) is 2. The van der Waals surface area contributed by atoms with E-state index in [1.165, 1.54) is 6.92 Å². The number of piperidine rings is 1. The molecule has 1 aromatic heterocycles. The molecule has 10 heteroatoms. The number of carbonyl (C=O) groups excluding carboxylic acids is 1. The number of carboxylic acids is 1. The molecule has 0 saturated carbocycles. The summed E-state index contributed by atoms with van der Waals surface area (Å²) in [6.07, 6.45) is 1.94. The van der Waals surface area contributed by atoms with E-state index in [9.17, 15) is 9.59 Å². The number of carboxylic acid groups (broad SMARTS) is 1. The second-order valence-corrected chi connectivity index (χ2v) is 8.37. The highest BCUT2D eigenvalue weighted by Crippen LogP contribution is 2.33. The molecule has 1 fully saturated rings. The van der Waals surface area contributed by atoms with Crippen LogP contribution in [0.15, 0.2) is 47.0 Å². The minimum absolute atomic E-state index is 0.188. The number of aromatic nitrogens is 2. The fourth-order valence-corrected chi connectivity index (χ4v) is 3.82. The summed E-state index contributed by atoms with van der Waals surface area (Å²) in [6, 6.07) is 11.2. The standard InChI is InChI=1S/C25H28N4O6/c1-15(25(31)32)27-23(30)19-5-3-4-16(12-19)14-34-20-7-6-18(13-21(20)33-2)22-28-24(35-29-22)17-8-10-26-11-9-17/h3-7,12-13,15,17,26H,8-11,14H2,1-2H3,(H,27,30)(H,31,32). The van der Waals surface area contributed by atoms with Gasteiger partial charge in [-0.2, -0.15) is 4.98 Å². The zero-order chi connectivity index (χ0) is 24.8. The van der Waals surface area contributed by atoms with Crippen LogP contribution in [0.4, 0.5) is 0 Å². The summed E-state index contributed by atoms with van der Waals surface area (Å²) in [5, 5.41) is 18.9. The third kappa shape index (κ3) is 5.96. The fourth-order valence-electron chi connectivity index (χ4n) is 3.82. The lowest BCUT2D eigenvalue weighted by atomic mass is 9.98. The van der Waals surface area contributed by atoms with Crippen molar-refractivity contribution in [1.82, 2.24) is 20.8 Å². The Morgan fingerprint density at radius 1 is 1.20 bits per heavy atom. The van der Waals surface area contributed by atoms with Gasteiger partial charge in [0.15, 0.2) is 11.5 Å². The summed E-state index contributed by atoms with van der Waals surface area (Å²) < 4.78 is 17.0. The molecule has 4 rings (SSSR count). The zero-order valence-electron chi connectivity index (χ0n) is 19.6. The maximum atomic E-state index is 12.3. The number of hydrogen-bond acceptors (Lipinski definition) is 8. The van der Waals surface area contributed by atoms with Crippen molar-refractivity contribution in [3.05, 3.63) is 59.5 Å². The van der Waals surface area contributed by atoms with E-state index in [4.69, 9.17) is 19.1 Å². The smallest absolute Gasteiger partial charge is 0.325 e. The first kappa shape index (κ1) is 24.2. The van der Waals surface area contributed by atoms with Gasteiger partial charge in [0.05, 0.1) is 7.11 Å². The van der Waals surface area contributed by atoms with Gasteiger partial charge in [0.1, 0.15) is 12.6 Å². The van der Waals surface area contributed by atoms with Gasteiger partial charge in [-0.15, -0.1) is 0 Å². The molecule has 3 N–H and O–H groups in total. The van der Waals surface area contributed by atoms with E-state index in [1.807, 2.05) is 12.1 Å². The van der Waals surface area contributed by atoms with Gasteiger partial charge >= 0.3 is 5.97 Å². The van der Waals surface area contributed by atoms with Crippen molar-refractivity contribution in [3.8, 4) is 22.9 Å². The normalized spacial score (nSPS) is 14.8. The third-order valence-electron chi connectivity index (χ3n) is 5.85. The molecule has 35 heavy (non-hydrogen) atoms. The lowest BCUT2D eigenvalue weighted by Gasteiger charge is -2.18. The van der Waals surface area contributed by atoms with Crippen molar-refractivity contribution in [3.63, 3.8) is 0 Å². The van der Waals surface area contributed by atoms with Gasteiger partial charge in [0.25, 0.3) is 5.91 Å². The SMILES string of the molecule is COc1cc(-c2noc(C3CCNCC3)n2)ccc1OCc1cccc(C(=O)NC(C)C(=O)O)c1. The second kappa shape index (κ2) is 11.0. The van der Waals surface area contributed by atoms with E-state index in [1.54, 1.807) is 37.4 Å². The lowest BCUT2D eigenvalue weighted by molar-refractivity contribution is -0.138. The van der Waals surface area contributed by atoms with E-state index in [2.05, 4.69) is 20.8 Å². The quantitative estimate of drug-likeness (QED) is 0.422. The van der Waals surface area contributed by atoms with Crippen LogP contribution in [0.25, 0.3) is 11.4 Å². The Hall–Kier alpha value is -3.92. The molecule has 1 atom stereocenters. The molecule has 0 radical (unpaired) electrons. The summed E-state index contributed by atoms with van der Waals surface area (Å²) >= 11 is 0. The van der Waals surface area contributed by atoms with Crippen molar-refractivity contribution in [2.75, 3.05) is 20.2 Å². The molecule has 1 amide bonds. The molecule has 1 aliphatic rings. The Balaban J connectivity index is 1.43. The molecular formula is C25H28N4O6. The van der Waals surface area contributed by atoms with Gasteiger partial charge in [-0.05, 0) is 68.8 Å². The van der Waals surface area contributed by atoms with E-state index >= 15 is 0 Å². The molecular weight excluding hydrogens is 452 g/mol. The average Bonchev–Trinajstić information content (AvgIpc) is 3.38. The topological polar surface area (TPSA) is 136 Å². The van der Waals surface area contributed by atoms with Crippen LogP contribution < -0.4 is 20.1 Å². The predicted octanol–water partition coefficient (Wildman–Crippen LogP) is 2.99. The molecule has 3 aromatic rings. The van der Waals surface area contributed by atoms with E-state index < -0.39 is 17.9 Å². The number of nitrogens with one attached hydrogen (secondary N) is 2. The number of methoxy groups -OCH3 is 1. The number of carbonyl (C=O) groups is 2. The van der Waals surface area contributed by atoms with Gasteiger partial charge in [0.2, 0.25) is 11.7 Å². The van der Waals surface area contributed by atoms with Crippen LogP contribution in [0.1, 0.15) is 47.5 Å². The minimum atomic E-state index is -1.10. The molecule has 1 unspecified atom stereocenters. The summed E-state index contributed by atoms with van der Waals surface area (Å²) in [4.78, 5) is 27.9. The van der Waals surface area contributed by atoms with Gasteiger partial charge in [0, 0.05) is 17.0 Å². The number of rotatable bonds is 9. The van der Waals surface area contributed by atoms with Gasteiger partial charge < -0.3 is 29.7 Å². The number of ether oxygens (including phenoxy) is 2. The van der Waals surface area contributed by atoms with Crippen LogP contribution in [0.3, 0.4) is 0 Å². The Bertz CT molecular complexity index is 1190. The Morgan fingerprint density at radius 3 is 2.74 bits per heavy atom. The maximum Gasteiger partial charge on any atom is 0.325 e. The highest BCUT2D eigenvalue weighted by molar-refractivity contribution is 5.96. The first-order valence-corrected chi connectivity index (χ1v) is 11.4. The van der Waals surface area contributed by atoms with Crippen LogP contribution in [-0.4, -0.2) is 53.4 Å². The summed E-state index contributed by atoms with van der Waals surface area (Å²) in [6.45, 7) is 3.48. The highest BCUT2D eigenvalue weighted by atomic mass is 16.5. The molecule has 1 aliphatic heterocycles. The molecule has 10 nitrogen and oxygen atoms in total. The van der Waals surface area contributed by atoms with Gasteiger partial charge in [-0.3, -0.25) is 9.59 Å². The third-order valence-corrected chi connectivity index (χ3v) is 5.85. The molecule has 0 spiro atoms. The minimum Gasteiger partial charge on any atom is -0.493 e. The van der Waals surface area contributed by atoms with Crippen LogP contribution in [-0.2, 0) is 11.4 Å². The van der Waals surface area contributed by atoms with Crippen LogP contribution in [0.2, 0.25) is 0 Å². The lowest BCUT2D eigenvalue weighted by Crippen LogP contribution is -2.38. The summed E-state index contributed by atoms with van der Waals surface area (Å²) in [5.74, 6) is 0.893. The van der Waals surface area contributed by atoms with Gasteiger partial charge in [-0.25, -0.2) is 0 Å². The predicted molar refractivity (Wildman–Crippen MR) is 126 cm³/mol. The van der Waals surface area contributed by atoms with Crippen LogP contribution in [0, 0.1) is 0 Å². The molecule has 2 heterocycles. The van der Waals surface area contributed by atoms with E-state index in [0.717, 1.165) is 37.1 Å². The molecule has 0 bridgehead atoms. The van der Waals surface area contributed by atoms with Crippen molar-refractivity contribution in [2.24, 2.45) is 0 Å². The van der Waals surface area contributed by atoms with Crippen LogP contribution in [0.5, 0.6) is 11.5 Å². The Kier molecular flexibility index (Phi) is 7.61. The summed E-state index contributed by atoms with van der Waals surface area (Å²) in [5.41, 5.74) is 1.85. The van der Waals surface area contributed by atoms with Crippen LogP contribution >= 0.6 is 0 Å². The number of hydrogen-bond donors (Lipinski definition) is 3. The first-order chi connectivity index (χ1) is 16.9. The largest absolute Gasteiger partial charge is 0.493 e. The molecule has 1 saturated heterocycles. The first-order valence-electron chi connectivity index (χ1n) is 11.4. The number of aliphatic carboxylic acids is 1. The summed E-state index contributed by atoms with van der Waals surface area (Å²) in [7, 11) is 1.55. The zero-order valence-corrected chi connectivity index (χ0v) is 19.6. The molecule has 184 valence electrons. The van der Waals surface area contributed by atoms with Crippen molar-refractivity contribution in [2.45, 2.75) is 38.3 Å². The monoisotopic (exact) mass is 480 g/mol. The van der Waals surface area contributed by atoms with E-state index in [-0.39, 0.29) is 12.5 Å². The average molecular weight is 481 g/mol.